The number of fused-ring (bicyclic) bond motifs is 1. The van der Waals surface area contributed by atoms with Gasteiger partial charge in [-0.05, 0) is 24.3 Å². The van der Waals surface area contributed by atoms with Crippen molar-refractivity contribution in [1.82, 2.24) is 14.8 Å². The van der Waals surface area contributed by atoms with Gasteiger partial charge in [-0.1, -0.05) is 0 Å². The van der Waals surface area contributed by atoms with Gasteiger partial charge in [0.05, 0.1) is 11.5 Å². The molecule has 0 radical (unpaired) electrons. The van der Waals surface area contributed by atoms with Gasteiger partial charge in [0.2, 0.25) is 0 Å². The van der Waals surface area contributed by atoms with Crippen LogP contribution in [0.15, 0.2) is 24.3 Å². The van der Waals surface area contributed by atoms with E-state index in [1.54, 1.807) is 16.7 Å². The molecule has 0 unspecified atom stereocenters. The number of aryl methyl sites for hydroxylation is 1. The third kappa shape index (κ3) is 2.37. The lowest BCUT2D eigenvalue weighted by atomic mass is 10.2. The monoisotopic (exact) mass is 281 g/mol. The minimum atomic E-state index is -3.01. The zero-order chi connectivity index (χ0) is 13.5. The Kier molecular flexibility index (Phi) is 2.85. The van der Waals surface area contributed by atoms with E-state index >= 15 is 0 Å². The Bertz CT molecular complexity index is 707. The summed E-state index contributed by atoms with van der Waals surface area (Å²) in [6.45, 7) is 0.345. The summed E-state index contributed by atoms with van der Waals surface area (Å²) in [4.78, 5) is 0. The molecule has 2 aromatic rings. The second-order valence-corrected chi connectivity index (χ2v) is 6.80. The molecule has 0 saturated carbocycles. The molecule has 1 aromatic carbocycles. The van der Waals surface area contributed by atoms with Crippen LogP contribution in [0.1, 0.15) is 5.82 Å². The average Bonchev–Trinajstić information content (AvgIpc) is 2.72. The van der Waals surface area contributed by atoms with Gasteiger partial charge >= 0.3 is 0 Å². The predicted molar refractivity (Wildman–Crippen MR) is 67.8 cm³/mol. The molecule has 1 aromatic heterocycles. The Morgan fingerprint density at radius 1 is 1.11 bits per heavy atom. The minimum absolute atomic E-state index is 0.0895. The first-order chi connectivity index (χ1) is 9.05. The van der Waals surface area contributed by atoms with Gasteiger partial charge in [0.1, 0.15) is 11.6 Å². The minimum Gasteiger partial charge on any atom is -0.310 e. The molecule has 0 N–H and O–H groups in total. The summed E-state index contributed by atoms with van der Waals surface area (Å²) in [5.74, 6) is 1.13. The average molecular weight is 281 g/mol. The maximum atomic E-state index is 12.9. The fourth-order valence-corrected chi connectivity index (χ4v) is 3.31. The van der Waals surface area contributed by atoms with Crippen molar-refractivity contribution in [2.75, 3.05) is 11.5 Å². The van der Waals surface area contributed by atoms with Crippen LogP contribution in [0.3, 0.4) is 0 Å². The van der Waals surface area contributed by atoms with Gasteiger partial charge in [0.15, 0.2) is 15.7 Å². The summed E-state index contributed by atoms with van der Waals surface area (Å²) in [5, 5.41) is 8.12. The molecule has 0 atom stereocenters. The molecule has 0 spiro atoms. The molecule has 2 heterocycles. The third-order valence-corrected chi connectivity index (χ3v) is 4.82. The van der Waals surface area contributed by atoms with Crippen molar-refractivity contribution in [2.24, 2.45) is 0 Å². The number of nitrogens with zero attached hydrogens (tertiary/aromatic N) is 3. The van der Waals surface area contributed by atoms with Gasteiger partial charge in [0, 0.05) is 18.5 Å². The molecule has 1 aliphatic heterocycles. The van der Waals surface area contributed by atoms with Crippen molar-refractivity contribution in [1.29, 1.82) is 0 Å². The highest BCUT2D eigenvalue weighted by Gasteiger charge is 2.22. The predicted octanol–water partition coefficient (Wildman–Crippen LogP) is 1.06. The smallest absolute Gasteiger partial charge is 0.163 e. The highest BCUT2D eigenvalue weighted by atomic mass is 32.2. The second-order valence-electron chi connectivity index (χ2n) is 4.50. The first kappa shape index (κ1) is 12.3. The fraction of sp³-hybridized carbons (Fsp3) is 0.333. The molecule has 3 rings (SSSR count). The number of hydrogen-bond donors (Lipinski definition) is 0. The van der Waals surface area contributed by atoms with E-state index in [4.69, 9.17) is 0 Å². The Morgan fingerprint density at radius 2 is 1.84 bits per heavy atom. The first-order valence-corrected chi connectivity index (χ1v) is 7.76. The molecule has 100 valence electrons. The van der Waals surface area contributed by atoms with Crippen molar-refractivity contribution < 1.29 is 12.8 Å². The second kappa shape index (κ2) is 4.41. The van der Waals surface area contributed by atoms with Crippen molar-refractivity contribution >= 4 is 9.84 Å². The van der Waals surface area contributed by atoms with Crippen LogP contribution in [-0.4, -0.2) is 34.7 Å². The zero-order valence-electron chi connectivity index (χ0n) is 10.1. The summed E-state index contributed by atoms with van der Waals surface area (Å²) in [6, 6.07) is 5.94. The van der Waals surface area contributed by atoms with E-state index in [9.17, 15) is 12.8 Å². The van der Waals surface area contributed by atoms with Crippen LogP contribution >= 0.6 is 0 Å². The topological polar surface area (TPSA) is 64.8 Å². The highest BCUT2D eigenvalue weighted by molar-refractivity contribution is 7.91. The van der Waals surface area contributed by atoms with E-state index in [1.165, 1.54) is 12.1 Å². The molecule has 0 saturated heterocycles. The standard InChI is InChI=1S/C12H12FN3O2S/c13-10-3-1-9(2-4-10)12-15-14-11-5-7-19(17,18)8-6-16(11)12/h1-4H,5-8H2. The first-order valence-electron chi connectivity index (χ1n) is 5.94. The molecule has 1 aliphatic rings. The van der Waals surface area contributed by atoms with Gasteiger partial charge in [-0.2, -0.15) is 0 Å². The lowest BCUT2D eigenvalue weighted by Crippen LogP contribution is -2.12. The Morgan fingerprint density at radius 3 is 2.58 bits per heavy atom. The van der Waals surface area contributed by atoms with Crippen LogP contribution in [-0.2, 0) is 22.8 Å². The lowest BCUT2D eigenvalue weighted by molar-refractivity contribution is 0.593. The van der Waals surface area contributed by atoms with Gasteiger partial charge < -0.3 is 4.57 Å². The summed E-state index contributed by atoms with van der Waals surface area (Å²) in [6.07, 6.45) is 0.372. The van der Waals surface area contributed by atoms with Crippen LogP contribution in [0.4, 0.5) is 4.39 Å². The number of benzene rings is 1. The lowest BCUT2D eigenvalue weighted by Gasteiger charge is -2.06. The largest absolute Gasteiger partial charge is 0.310 e. The van der Waals surface area contributed by atoms with Crippen LogP contribution in [0.2, 0.25) is 0 Å². The molecule has 0 amide bonds. The normalized spacial score (nSPS) is 17.7. The zero-order valence-corrected chi connectivity index (χ0v) is 10.9. The van der Waals surface area contributed by atoms with E-state index in [0.29, 0.717) is 24.6 Å². The summed E-state index contributed by atoms with van der Waals surface area (Å²) >= 11 is 0. The highest BCUT2D eigenvalue weighted by Crippen LogP contribution is 2.21. The number of rotatable bonds is 1. The van der Waals surface area contributed by atoms with Crippen molar-refractivity contribution in [3.8, 4) is 11.4 Å². The maximum Gasteiger partial charge on any atom is 0.163 e. The summed E-state index contributed by atoms with van der Waals surface area (Å²) in [7, 11) is -3.01. The molecule has 5 nitrogen and oxygen atoms in total. The van der Waals surface area contributed by atoms with Crippen LogP contribution in [0.5, 0.6) is 0 Å². The molecule has 7 heteroatoms. The molecular formula is C12H12FN3O2S. The van der Waals surface area contributed by atoms with Gasteiger partial charge in [-0.15, -0.1) is 10.2 Å². The van der Waals surface area contributed by atoms with E-state index in [2.05, 4.69) is 10.2 Å². The van der Waals surface area contributed by atoms with Crippen molar-refractivity contribution in [3.05, 3.63) is 35.9 Å². The quantitative estimate of drug-likeness (QED) is 0.784. The number of aromatic nitrogens is 3. The molecule has 0 bridgehead atoms. The van der Waals surface area contributed by atoms with Crippen LogP contribution in [0, 0.1) is 5.82 Å². The van der Waals surface area contributed by atoms with E-state index in [-0.39, 0.29) is 17.3 Å². The number of halogens is 1. The summed E-state index contributed by atoms with van der Waals surface area (Å²) in [5.41, 5.74) is 0.736. The molecule has 0 fully saturated rings. The number of sulfone groups is 1. The molecule has 19 heavy (non-hydrogen) atoms. The van der Waals surface area contributed by atoms with Crippen LogP contribution < -0.4 is 0 Å². The van der Waals surface area contributed by atoms with Gasteiger partial charge in [-0.25, -0.2) is 12.8 Å². The Hall–Kier alpha value is -1.76. The Labute approximate surface area is 110 Å². The Balaban J connectivity index is 2.02. The van der Waals surface area contributed by atoms with E-state index < -0.39 is 9.84 Å². The van der Waals surface area contributed by atoms with E-state index in [0.717, 1.165) is 5.56 Å². The summed E-state index contributed by atoms with van der Waals surface area (Å²) < 4.78 is 38.0. The van der Waals surface area contributed by atoms with Crippen LogP contribution in [0.25, 0.3) is 11.4 Å². The van der Waals surface area contributed by atoms with Gasteiger partial charge in [-0.3, -0.25) is 0 Å². The van der Waals surface area contributed by atoms with Crippen molar-refractivity contribution in [3.63, 3.8) is 0 Å². The molecular weight excluding hydrogens is 269 g/mol. The molecule has 0 aliphatic carbocycles. The van der Waals surface area contributed by atoms with E-state index in [1.807, 2.05) is 0 Å². The number of hydrogen-bond acceptors (Lipinski definition) is 4. The third-order valence-electron chi connectivity index (χ3n) is 3.19. The van der Waals surface area contributed by atoms with Gasteiger partial charge in [0.25, 0.3) is 0 Å². The maximum absolute atomic E-state index is 12.9. The SMILES string of the molecule is O=S1(=O)CCc2nnc(-c3ccc(F)cc3)n2CC1. The fourth-order valence-electron chi connectivity index (χ4n) is 2.15. The van der Waals surface area contributed by atoms with Crippen molar-refractivity contribution in [2.45, 2.75) is 13.0 Å².